The van der Waals surface area contributed by atoms with Crippen molar-refractivity contribution in [2.75, 3.05) is 0 Å². The van der Waals surface area contributed by atoms with Crippen molar-refractivity contribution in [1.29, 1.82) is 0 Å². The number of carbonyl (C=O) groups is 2. The van der Waals surface area contributed by atoms with E-state index >= 15 is 0 Å². The van der Waals surface area contributed by atoms with Gasteiger partial charge in [0.05, 0.1) is 5.92 Å². The standard InChI is InChI=1S/C15H27NO3/c1-10(15(2,3)4)8-13(17)16-12-7-5-6-11(9-12)14(18)19/h10-12H,5-9H2,1-4H3,(H,16,17)(H,18,19). The lowest BCUT2D eigenvalue weighted by molar-refractivity contribution is -0.143. The van der Waals surface area contributed by atoms with Gasteiger partial charge < -0.3 is 10.4 Å². The average Bonchev–Trinajstić information content (AvgIpc) is 2.27. The molecule has 4 nitrogen and oxygen atoms in total. The van der Waals surface area contributed by atoms with E-state index in [1.54, 1.807) is 0 Å². The summed E-state index contributed by atoms with van der Waals surface area (Å²) in [4.78, 5) is 23.0. The van der Waals surface area contributed by atoms with E-state index in [-0.39, 0.29) is 23.3 Å². The predicted molar refractivity (Wildman–Crippen MR) is 74.8 cm³/mol. The Kier molecular flexibility index (Phi) is 5.39. The minimum Gasteiger partial charge on any atom is -0.481 e. The van der Waals surface area contributed by atoms with Crippen LogP contribution in [0.1, 0.15) is 59.8 Å². The van der Waals surface area contributed by atoms with Crippen LogP contribution in [0.15, 0.2) is 0 Å². The minimum atomic E-state index is -0.734. The Bertz CT molecular complexity index is 333. The van der Waals surface area contributed by atoms with Crippen LogP contribution in [0.25, 0.3) is 0 Å². The second-order valence-corrected chi connectivity index (χ2v) is 6.94. The van der Waals surface area contributed by atoms with Crippen LogP contribution in [0.2, 0.25) is 0 Å². The third-order valence-electron chi connectivity index (χ3n) is 4.36. The van der Waals surface area contributed by atoms with Crippen LogP contribution >= 0.6 is 0 Å². The van der Waals surface area contributed by atoms with Gasteiger partial charge in [-0.15, -0.1) is 0 Å². The molecule has 1 aliphatic rings. The number of hydrogen-bond donors (Lipinski definition) is 2. The van der Waals surface area contributed by atoms with Crippen LogP contribution in [0.3, 0.4) is 0 Å². The highest BCUT2D eigenvalue weighted by atomic mass is 16.4. The van der Waals surface area contributed by atoms with E-state index in [2.05, 4.69) is 33.0 Å². The molecule has 0 bridgehead atoms. The molecule has 0 aromatic carbocycles. The van der Waals surface area contributed by atoms with Crippen molar-refractivity contribution in [3.8, 4) is 0 Å². The van der Waals surface area contributed by atoms with Gasteiger partial charge in [0.15, 0.2) is 0 Å². The van der Waals surface area contributed by atoms with Gasteiger partial charge in [0, 0.05) is 12.5 Å². The minimum absolute atomic E-state index is 0.0366. The third kappa shape index (κ3) is 5.21. The van der Waals surface area contributed by atoms with Crippen molar-refractivity contribution in [2.24, 2.45) is 17.3 Å². The average molecular weight is 269 g/mol. The van der Waals surface area contributed by atoms with E-state index in [1.807, 2.05) is 0 Å². The van der Waals surface area contributed by atoms with E-state index in [9.17, 15) is 9.59 Å². The number of nitrogens with one attached hydrogen (secondary N) is 1. The largest absolute Gasteiger partial charge is 0.481 e. The number of carbonyl (C=O) groups excluding carboxylic acids is 1. The molecule has 0 saturated heterocycles. The molecule has 4 heteroatoms. The Morgan fingerprint density at radius 3 is 2.47 bits per heavy atom. The zero-order valence-electron chi connectivity index (χ0n) is 12.5. The number of amides is 1. The fourth-order valence-electron chi connectivity index (χ4n) is 2.42. The monoisotopic (exact) mass is 269 g/mol. The maximum Gasteiger partial charge on any atom is 0.306 e. The highest BCUT2D eigenvalue weighted by Gasteiger charge is 2.29. The Hall–Kier alpha value is -1.06. The first-order valence-electron chi connectivity index (χ1n) is 7.22. The first-order valence-corrected chi connectivity index (χ1v) is 7.22. The first-order chi connectivity index (χ1) is 8.70. The quantitative estimate of drug-likeness (QED) is 0.824. The van der Waals surface area contributed by atoms with E-state index in [0.717, 1.165) is 19.3 Å². The molecule has 0 spiro atoms. The van der Waals surface area contributed by atoms with Crippen LogP contribution in [0, 0.1) is 17.3 Å². The molecule has 110 valence electrons. The van der Waals surface area contributed by atoms with Crippen molar-refractivity contribution >= 4 is 11.9 Å². The summed E-state index contributed by atoms with van der Waals surface area (Å²) in [5.41, 5.74) is 0.119. The molecule has 1 aliphatic carbocycles. The van der Waals surface area contributed by atoms with Crippen LogP contribution in [0.5, 0.6) is 0 Å². The molecule has 3 atom stereocenters. The van der Waals surface area contributed by atoms with Gasteiger partial charge in [-0.25, -0.2) is 0 Å². The van der Waals surface area contributed by atoms with Crippen molar-refractivity contribution < 1.29 is 14.7 Å². The Morgan fingerprint density at radius 2 is 1.95 bits per heavy atom. The van der Waals surface area contributed by atoms with E-state index in [1.165, 1.54) is 0 Å². The molecule has 0 aromatic heterocycles. The van der Waals surface area contributed by atoms with Gasteiger partial charge in [-0.2, -0.15) is 0 Å². The summed E-state index contributed by atoms with van der Waals surface area (Å²) in [7, 11) is 0. The molecule has 1 amide bonds. The van der Waals surface area contributed by atoms with Crippen molar-refractivity contribution in [1.82, 2.24) is 5.32 Å². The van der Waals surface area contributed by atoms with Gasteiger partial charge >= 0.3 is 5.97 Å². The van der Waals surface area contributed by atoms with Crippen molar-refractivity contribution in [2.45, 2.75) is 65.8 Å². The molecule has 19 heavy (non-hydrogen) atoms. The van der Waals surface area contributed by atoms with Gasteiger partial charge in [0.1, 0.15) is 0 Å². The summed E-state index contributed by atoms with van der Waals surface area (Å²) < 4.78 is 0. The number of hydrogen-bond acceptors (Lipinski definition) is 2. The molecule has 1 fully saturated rings. The second-order valence-electron chi connectivity index (χ2n) is 6.94. The molecule has 0 aliphatic heterocycles. The van der Waals surface area contributed by atoms with Crippen LogP contribution in [0.4, 0.5) is 0 Å². The SMILES string of the molecule is CC(CC(=O)NC1CCCC(C(=O)O)C1)C(C)(C)C. The summed E-state index contributed by atoms with van der Waals surface area (Å²) in [5.74, 6) is -0.661. The predicted octanol–water partition coefficient (Wildman–Crippen LogP) is 2.82. The maximum absolute atomic E-state index is 12.0. The molecule has 1 rings (SSSR count). The fourth-order valence-corrected chi connectivity index (χ4v) is 2.42. The normalized spacial score (nSPS) is 25.7. The lowest BCUT2D eigenvalue weighted by atomic mass is 9.80. The molecular weight excluding hydrogens is 242 g/mol. The summed E-state index contributed by atoms with van der Waals surface area (Å²) in [5, 5.41) is 12.0. The van der Waals surface area contributed by atoms with E-state index < -0.39 is 5.97 Å². The third-order valence-corrected chi connectivity index (χ3v) is 4.36. The number of aliphatic carboxylic acids is 1. The zero-order chi connectivity index (χ0) is 14.6. The van der Waals surface area contributed by atoms with Gasteiger partial charge in [0.25, 0.3) is 0 Å². The Morgan fingerprint density at radius 1 is 1.32 bits per heavy atom. The Balaban J connectivity index is 2.42. The molecule has 2 N–H and O–H groups in total. The van der Waals surface area contributed by atoms with Crippen molar-refractivity contribution in [3.05, 3.63) is 0 Å². The summed E-state index contributed by atoms with van der Waals surface area (Å²) >= 11 is 0. The molecular formula is C15H27NO3. The number of rotatable bonds is 4. The number of carboxylic acids is 1. The smallest absolute Gasteiger partial charge is 0.306 e. The van der Waals surface area contributed by atoms with Gasteiger partial charge in [0.2, 0.25) is 5.91 Å². The zero-order valence-corrected chi connectivity index (χ0v) is 12.5. The molecule has 0 aromatic rings. The lowest BCUT2D eigenvalue weighted by Crippen LogP contribution is -2.41. The van der Waals surface area contributed by atoms with Crippen LogP contribution in [-0.2, 0) is 9.59 Å². The first kappa shape index (κ1) is 16.0. The molecule has 3 unspecified atom stereocenters. The van der Waals surface area contributed by atoms with Crippen LogP contribution in [-0.4, -0.2) is 23.0 Å². The van der Waals surface area contributed by atoms with E-state index in [4.69, 9.17) is 5.11 Å². The highest BCUT2D eigenvalue weighted by Crippen LogP contribution is 2.28. The Labute approximate surface area is 116 Å². The summed E-state index contributed by atoms with van der Waals surface area (Å²) in [6, 6.07) is 0.0366. The fraction of sp³-hybridized carbons (Fsp3) is 0.867. The lowest BCUT2D eigenvalue weighted by Gasteiger charge is -2.30. The summed E-state index contributed by atoms with van der Waals surface area (Å²) in [6.45, 7) is 8.48. The summed E-state index contributed by atoms with van der Waals surface area (Å²) in [6.07, 6.45) is 3.61. The topological polar surface area (TPSA) is 66.4 Å². The van der Waals surface area contributed by atoms with Gasteiger partial charge in [-0.05, 0) is 30.6 Å². The van der Waals surface area contributed by atoms with Crippen molar-refractivity contribution in [3.63, 3.8) is 0 Å². The second kappa shape index (κ2) is 6.40. The molecule has 0 heterocycles. The molecule has 0 radical (unpaired) electrons. The van der Waals surface area contributed by atoms with E-state index in [0.29, 0.717) is 18.8 Å². The molecule has 1 saturated carbocycles. The van der Waals surface area contributed by atoms with Crippen LogP contribution < -0.4 is 5.32 Å². The highest BCUT2D eigenvalue weighted by molar-refractivity contribution is 5.77. The van der Waals surface area contributed by atoms with Gasteiger partial charge in [-0.3, -0.25) is 9.59 Å². The van der Waals surface area contributed by atoms with Gasteiger partial charge in [-0.1, -0.05) is 34.1 Å². The maximum atomic E-state index is 12.0. The number of carboxylic acid groups (broad SMARTS) is 1.